The van der Waals surface area contributed by atoms with Crippen LogP contribution in [0.25, 0.3) is 87.6 Å². The van der Waals surface area contributed by atoms with Crippen LogP contribution in [-0.2, 0) is 40.5 Å². The Labute approximate surface area is 495 Å². The van der Waals surface area contributed by atoms with Crippen molar-refractivity contribution in [3.8, 4) is 67.5 Å². The lowest BCUT2D eigenvalue weighted by atomic mass is 9.86. The first-order valence-corrected chi connectivity index (χ1v) is 30.9. The molecule has 0 atom stereocenters. The highest BCUT2D eigenvalue weighted by molar-refractivity contribution is 9.11. The molecule has 10 aromatic rings. The molecule has 0 saturated carbocycles. The molecule has 0 aromatic heterocycles. The highest BCUT2D eigenvalue weighted by Crippen LogP contribution is 2.55. The summed E-state index contributed by atoms with van der Waals surface area (Å²) in [7, 11) is -25.4. The fourth-order valence-electron chi connectivity index (χ4n) is 8.87. The van der Waals surface area contributed by atoms with Crippen molar-refractivity contribution in [2.24, 2.45) is 0 Å². The third-order valence-electron chi connectivity index (χ3n) is 12.5. The molecule has 10 aromatic carbocycles. The normalized spacial score (nSPS) is 12.9. The lowest BCUT2D eigenvalue weighted by Gasteiger charge is -2.24. The summed E-state index contributed by atoms with van der Waals surface area (Å²) in [6, 6.07) is 43.9. The molecule has 0 amide bonds. The van der Waals surface area contributed by atoms with E-state index in [1.54, 1.807) is 36.4 Å². The van der Waals surface area contributed by atoms with E-state index in [4.69, 9.17) is 8.37 Å². The number of hydrogen-bond acceptors (Lipinski definition) is 12. The lowest BCUT2D eigenvalue weighted by Crippen LogP contribution is -2.29. The second-order valence-corrected chi connectivity index (χ2v) is 25.8. The van der Waals surface area contributed by atoms with E-state index >= 15 is 0 Å². The van der Waals surface area contributed by atoms with Crippen LogP contribution in [0, 0.1) is 0 Å². The molecule has 0 N–H and O–H groups in total. The van der Waals surface area contributed by atoms with Gasteiger partial charge in [0.2, 0.25) is 0 Å². The summed E-state index contributed by atoms with van der Waals surface area (Å²) in [6.45, 7) is 0. The average molecular weight is 1410 g/mol. The molecule has 0 aliphatic rings. The molecule has 0 aliphatic carbocycles. The second kappa shape index (κ2) is 22.9. The number of alkyl halides is 12. The van der Waals surface area contributed by atoms with Gasteiger partial charge in [-0.1, -0.05) is 158 Å². The third kappa shape index (κ3) is 12.2. The van der Waals surface area contributed by atoms with Crippen LogP contribution in [0.2, 0.25) is 0 Å². The molecular weight excluding hydrogens is 1380 g/mol. The molecule has 0 heterocycles. The molecule has 0 aliphatic heterocycles. The highest BCUT2D eigenvalue weighted by Gasteiger charge is 2.53. The molecule has 448 valence electrons. The third-order valence-corrected chi connectivity index (χ3v) is 17.5. The molecule has 0 fully saturated rings. The number of hydrogen-bond donors (Lipinski definition) is 0. The zero-order valence-corrected chi connectivity index (χ0v) is 48.6. The predicted octanol–water partition coefficient (Wildman–Crippen LogP) is 17.1. The molecular formula is C56H30Br2F12O12S4. The maximum atomic E-state index is 13.9. The van der Waals surface area contributed by atoms with Gasteiger partial charge in [0.25, 0.3) is 0 Å². The fraction of sp³-hybridized carbons (Fsp3) is 0.0714. The van der Waals surface area contributed by atoms with E-state index in [2.05, 4.69) is 40.2 Å². The number of fused-ring (bicyclic) bond motifs is 4. The Morgan fingerprint density at radius 2 is 0.488 bits per heavy atom. The van der Waals surface area contributed by atoms with Crippen LogP contribution < -0.4 is 16.7 Å². The summed E-state index contributed by atoms with van der Waals surface area (Å²) >= 11 is 5.96. The molecule has 30 heteroatoms. The zero-order valence-electron chi connectivity index (χ0n) is 42.1. The monoisotopic (exact) mass is 1410 g/mol. The van der Waals surface area contributed by atoms with Crippen molar-refractivity contribution in [2.75, 3.05) is 0 Å². The first kappa shape index (κ1) is 62.9. The first-order chi connectivity index (χ1) is 40.0. The largest absolute Gasteiger partial charge is 0.534 e. The van der Waals surface area contributed by atoms with E-state index in [0.717, 1.165) is 0 Å². The Bertz CT molecular complexity index is 4500. The Hall–Kier alpha value is -7.64. The van der Waals surface area contributed by atoms with Crippen LogP contribution in [-0.4, -0.2) is 55.7 Å². The van der Waals surface area contributed by atoms with Gasteiger partial charge in [0.05, 0.1) is 8.95 Å². The van der Waals surface area contributed by atoms with Gasteiger partial charge in [-0.05, 0) is 110 Å². The van der Waals surface area contributed by atoms with Crippen molar-refractivity contribution >= 4 is 115 Å². The van der Waals surface area contributed by atoms with Crippen LogP contribution >= 0.6 is 31.9 Å². The van der Waals surface area contributed by atoms with Crippen molar-refractivity contribution in [3.05, 3.63) is 191 Å². The Morgan fingerprint density at radius 3 is 0.744 bits per heavy atom. The van der Waals surface area contributed by atoms with E-state index < -0.39 is 108 Å². The summed E-state index contributed by atoms with van der Waals surface area (Å²) in [5.74, 6) is -3.75. The van der Waals surface area contributed by atoms with E-state index in [0.29, 0.717) is 21.5 Å². The topological polar surface area (TPSA) is 173 Å². The minimum atomic E-state index is -6.41. The SMILES string of the molecule is O=S(=O)(Oc1c(-c2ccccc2)cc2ccccc2c1-c1c(OS(=O)(=O)C(F)(F)F)c(-c2ccccc2)cc2ccccc12)C(F)(F)F.O=S(=O)(Oc1c(Br)cc2ccccc2c1-c1c(OS(=O)(=O)C(F)(F)F)c(Br)cc2ccccc12)C(F)(F)F. The van der Waals surface area contributed by atoms with Gasteiger partial charge in [-0.3, -0.25) is 0 Å². The Balaban J connectivity index is 0.000000211. The Morgan fingerprint density at radius 1 is 0.279 bits per heavy atom. The molecule has 0 bridgehead atoms. The van der Waals surface area contributed by atoms with Crippen LogP contribution in [0.15, 0.2) is 191 Å². The Kier molecular flexibility index (Phi) is 16.7. The van der Waals surface area contributed by atoms with Crippen LogP contribution in [0.3, 0.4) is 0 Å². The van der Waals surface area contributed by atoms with E-state index in [1.165, 1.54) is 146 Å². The van der Waals surface area contributed by atoms with Gasteiger partial charge >= 0.3 is 62.5 Å². The first-order valence-electron chi connectivity index (χ1n) is 23.7. The van der Waals surface area contributed by atoms with Crippen molar-refractivity contribution in [1.82, 2.24) is 0 Å². The molecule has 10 rings (SSSR count). The minimum absolute atomic E-state index is 0.0144. The summed E-state index contributed by atoms with van der Waals surface area (Å²) in [5, 5.41) is 1.27. The van der Waals surface area contributed by atoms with Gasteiger partial charge in [-0.25, -0.2) is 0 Å². The van der Waals surface area contributed by atoms with Gasteiger partial charge in [0.15, 0.2) is 23.0 Å². The van der Waals surface area contributed by atoms with Crippen molar-refractivity contribution in [2.45, 2.75) is 22.0 Å². The van der Waals surface area contributed by atoms with Gasteiger partial charge in [0, 0.05) is 33.4 Å². The van der Waals surface area contributed by atoms with Crippen LogP contribution in [0.4, 0.5) is 52.7 Å². The highest BCUT2D eigenvalue weighted by atomic mass is 79.9. The number of benzene rings is 10. The average Bonchev–Trinajstić information content (AvgIpc) is 0.744. The standard InChI is InChI=1S/C34H20F6O6S2.C22H10Br2F6O6S2/c35-33(36,37)47(41,42)45-31-27(21-11-3-1-4-12-21)19-23-15-7-9-17-25(23)29(31)30-26-18-10-8-16-24(26)20-28(22-13-5-2-6-14-22)32(30)46-48(43,44)34(38,39)40;23-15-9-11-5-1-3-7-13(11)17(19(15)35-37(31,32)21(25,26)27)18-14-8-4-2-6-12(14)10-16(24)20(18)36-38(33,34)22(28,29)30/h1-20H;1-10H. The smallest absolute Gasteiger partial charge is 0.375 e. The van der Waals surface area contributed by atoms with Gasteiger partial charge < -0.3 is 16.7 Å². The van der Waals surface area contributed by atoms with Gasteiger partial charge in [-0.15, -0.1) is 0 Å². The molecule has 86 heavy (non-hydrogen) atoms. The molecule has 0 radical (unpaired) electrons. The number of halogens is 14. The van der Waals surface area contributed by atoms with Gasteiger partial charge in [-0.2, -0.15) is 86.4 Å². The summed E-state index contributed by atoms with van der Waals surface area (Å²) in [4.78, 5) is 0. The maximum absolute atomic E-state index is 13.9. The maximum Gasteiger partial charge on any atom is 0.534 e. The van der Waals surface area contributed by atoms with E-state index in [1.807, 2.05) is 0 Å². The predicted molar refractivity (Wildman–Crippen MR) is 302 cm³/mol. The summed E-state index contributed by atoms with van der Waals surface area (Å²) in [5.41, 5.74) is -25.4. The second-order valence-electron chi connectivity index (χ2n) is 17.9. The lowest BCUT2D eigenvalue weighted by molar-refractivity contribution is -0.0505. The van der Waals surface area contributed by atoms with E-state index in [9.17, 15) is 86.4 Å². The molecule has 0 saturated heterocycles. The molecule has 0 unspecified atom stereocenters. The molecule has 12 nitrogen and oxygen atoms in total. The molecule has 0 spiro atoms. The quantitative estimate of drug-likeness (QED) is 0.0644. The summed E-state index contributed by atoms with van der Waals surface area (Å²) in [6.07, 6.45) is 0. The van der Waals surface area contributed by atoms with Crippen molar-refractivity contribution in [3.63, 3.8) is 0 Å². The fourth-order valence-corrected chi connectivity index (χ4v) is 12.1. The minimum Gasteiger partial charge on any atom is -0.375 e. The van der Waals surface area contributed by atoms with Crippen LogP contribution in [0.1, 0.15) is 0 Å². The van der Waals surface area contributed by atoms with Crippen molar-refractivity contribution < 1.29 is 103 Å². The van der Waals surface area contributed by atoms with Gasteiger partial charge in [0.1, 0.15) is 0 Å². The van der Waals surface area contributed by atoms with Crippen LogP contribution in [0.5, 0.6) is 23.0 Å². The van der Waals surface area contributed by atoms with E-state index in [-0.39, 0.29) is 52.7 Å². The van der Waals surface area contributed by atoms with Crippen molar-refractivity contribution in [1.29, 1.82) is 0 Å². The number of rotatable bonds is 12. The zero-order chi connectivity index (χ0) is 62.7. The summed E-state index contributed by atoms with van der Waals surface area (Å²) < 4.78 is 280.